The van der Waals surface area contributed by atoms with Gasteiger partial charge in [-0.15, -0.1) is 0 Å². The Kier molecular flexibility index (Phi) is 18.7. The second-order valence-corrected chi connectivity index (χ2v) is 38.3. The molecule has 0 unspecified atom stereocenters. The van der Waals surface area contributed by atoms with Gasteiger partial charge in [-0.1, -0.05) is 62.3 Å². The van der Waals surface area contributed by atoms with Gasteiger partial charge in [0.2, 0.25) is 0 Å². The summed E-state index contributed by atoms with van der Waals surface area (Å²) in [5.41, 5.74) is 0. The number of ether oxygens (including phenoxy) is 8. The van der Waals surface area contributed by atoms with Gasteiger partial charge in [-0.3, -0.25) is 9.59 Å². The molecule has 3 saturated heterocycles. The third-order valence-corrected chi connectivity index (χ3v) is 28.4. The number of hydrogen-bond acceptors (Lipinski definition) is 13. The largest absolute Gasteiger partial charge is 0.469 e. The Bertz CT molecular complexity index is 1500. The van der Waals surface area contributed by atoms with Crippen LogP contribution in [0.1, 0.15) is 141 Å². The zero-order valence-electron chi connectivity index (χ0n) is 43.8. The molecule has 0 aromatic heterocycles. The predicted molar refractivity (Wildman–Crippen MR) is 254 cm³/mol. The summed E-state index contributed by atoms with van der Waals surface area (Å²) in [6, 6.07) is 0. The van der Waals surface area contributed by atoms with Crippen molar-refractivity contribution in [1.82, 2.24) is 0 Å². The van der Waals surface area contributed by atoms with Gasteiger partial charge in [0, 0.05) is 39.4 Å². The Morgan fingerprint density at radius 2 is 1.21 bits per heavy atom. The normalized spacial score (nSPS) is 30.4. The van der Waals surface area contributed by atoms with Crippen LogP contribution in [-0.4, -0.2) is 125 Å². The van der Waals surface area contributed by atoms with Crippen LogP contribution in [0.15, 0.2) is 0 Å². The van der Waals surface area contributed by atoms with Gasteiger partial charge in [0.05, 0.1) is 63.4 Å². The van der Waals surface area contributed by atoms with E-state index in [-0.39, 0.29) is 64.0 Å². The van der Waals surface area contributed by atoms with E-state index < -0.39 is 60.4 Å². The van der Waals surface area contributed by atoms with Gasteiger partial charge < -0.3 is 51.2 Å². The SMILES string of the molecule is COC(=O)C[C@H]1C[C@@H](CC[C@@H](O[Si](C)(C)C(C)(C)C)[C@H]2C[C@@H](C[C@]3(OC)C[C@H](O[Si](C)(C)C(C)(C)C)[C@@H](C(=O)OC)[C@H](CCO[Si](C)(C)C(C)(C)C)O3)OC(C)(C)O2)OC(C)(C)O1. The number of esters is 2. The highest BCUT2D eigenvalue weighted by Gasteiger charge is 2.56. The molecule has 0 saturated carbocycles. The summed E-state index contributed by atoms with van der Waals surface area (Å²) in [6.45, 7) is 41.6. The summed E-state index contributed by atoms with van der Waals surface area (Å²) in [5.74, 6) is -4.32. The molecule has 63 heavy (non-hydrogen) atoms. The summed E-state index contributed by atoms with van der Waals surface area (Å²) in [6.07, 6.45) is 1.15. The maximum atomic E-state index is 13.9. The van der Waals surface area contributed by atoms with Crippen LogP contribution in [0.25, 0.3) is 0 Å². The topological polar surface area (TPSA) is 136 Å². The first-order valence-corrected chi connectivity index (χ1v) is 32.2. The lowest BCUT2D eigenvalue weighted by Gasteiger charge is -2.52. The van der Waals surface area contributed by atoms with Gasteiger partial charge in [0.1, 0.15) is 5.92 Å². The van der Waals surface area contributed by atoms with Crippen molar-refractivity contribution >= 4 is 36.9 Å². The van der Waals surface area contributed by atoms with Crippen LogP contribution in [0.3, 0.4) is 0 Å². The van der Waals surface area contributed by atoms with Crippen molar-refractivity contribution < 1.29 is 60.8 Å². The molecule has 0 amide bonds. The average Bonchev–Trinajstić information content (AvgIpc) is 3.09. The first-order valence-electron chi connectivity index (χ1n) is 23.5. The monoisotopic (exact) mass is 949 g/mol. The zero-order valence-corrected chi connectivity index (χ0v) is 46.8. The fourth-order valence-electron chi connectivity index (χ4n) is 8.28. The smallest absolute Gasteiger partial charge is 0.313 e. The second-order valence-electron chi connectivity index (χ2n) is 24.0. The van der Waals surface area contributed by atoms with Crippen molar-refractivity contribution in [3.05, 3.63) is 0 Å². The van der Waals surface area contributed by atoms with E-state index in [1.54, 1.807) is 7.11 Å². The van der Waals surface area contributed by atoms with Crippen LogP contribution >= 0.6 is 0 Å². The molecule has 0 aromatic carbocycles. The maximum absolute atomic E-state index is 13.9. The predicted octanol–water partition coefficient (Wildman–Crippen LogP) is 10.7. The number of rotatable bonds is 18. The molecule has 0 aliphatic carbocycles. The summed E-state index contributed by atoms with van der Waals surface area (Å²) >= 11 is 0. The van der Waals surface area contributed by atoms with E-state index in [4.69, 9.17) is 51.2 Å². The third kappa shape index (κ3) is 15.4. The van der Waals surface area contributed by atoms with Crippen LogP contribution in [0.2, 0.25) is 54.4 Å². The first kappa shape index (κ1) is 56.6. The fourth-order valence-corrected chi connectivity index (χ4v) is 12.1. The molecule has 3 heterocycles. The highest BCUT2D eigenvalue weighted by Crippen LogP contribution is 2.48. The lowest BCUT2D eigenvalue weighted by atomic mass is 9.83. The first-order chi connectivity index (χ1) is 28.4. The minimum absolute atomic E-state index is 0.0175. The molecule has 3 fully saturated rings. The minimum atomic E-state index is -2.42. The molecular formula is C47H92O13Si3. The molecule has 0 radical (unpaired) electrons. The molecule has 16 heteroatoms. The van der Waals surface area contributed by atoms with Crippen molar-refractivity contribution in [3.8, 4) is 0 Å². The van der Waals surface area contributed by atoms with E-state index in [0.717, 1.165) is 0 Å². The summed E-state index contributed by atoms with van der Waals surface area (Å²) < 4.78 is 71.5. The Morgan fingerprint density at radius 3 is 1.73 bits per heavy atom. The highest BCUT2D eigenvalue weighted by atomic mass is 28.4. The molecule has 3 rings (SSSR count). The van der Waals surface area contributed by atoms with Crippen LogP contribution in [0.5, 0.6) is 0 Å². The van der Waals surface area contributed by atoms with E-state index in [0.29, 0.717) is 51.6 Å². The van der Waals surface area contributed by atoms with E-state index in [1.807, 2.05) is 27.7 Å². The lowest BCUT2D eigenvalue weighted by molar-refractivity contribution is -0.346. The molecule has 3 aliphatic rings. The van der Waals surface area contributed by atoms with Crippen LogP contribution in [-0.2, 0) is 60.8 Å². The van der Waals surface area contributed by atoms with Crippen molar-refractivity contribution in [2.75, 3.05) is 27.9 Å². The molecule has 0 aromatic rings. The summed E-state index contributed by atoms with van der Waals surface area (Å²) in [7, 11) is -2.34. The number of carbonyl (C=O) groups excluding carboxylic acids is 2. The second kappa shape index (κ2) is 20.8. The zero-order chi connectivity index (χ0) is 48.4. The highest BCUT2D eigenvalue weighted by molar-refractivity contribution is 6.75. The van der Waals surface area contributed by atoms with E-state index in [9.17, 15) is 9.59 Å². The molecule has 0 N–H and O–H groups in total. The summed E-state index contributed by atoms with van der Waals surface area (Å²) in [5, 5.41) is -0.150. The molecule has 9 atom stereocenters. The Hall–Kier alpha value is -0.769. The van der Waals surface area contributed by atoms with Gasteiger partial charge in [0.15, 0.2) is 42.3 Å². The van der Waals surface area contributed by atoms with E-state index >= 15 is 0 Å². The molecule has 370 valence electrons. The van der Waals surface area contributed by atoms with Crippen LogP contribution in [0.4, 0.5) is 0 Å². The molecule has 13 nitrogen and oxygen atoms in total. The van der Waals surface area contributed by atoms with E-state index in [1.165, 1.54) is 14.2 Å². The molecule has 3 aliphatic heterocycles. The fraction of sp³-hybridized carbons (Fsp3) is 0.957. The van der Waals surface area contributed by atoms with Gasteiger partial charge in [-0.2, -0.15) is 0 Å². The Morgan fingerprint density at radius 1 is 0.667 bits per heavy atom. The average molecular weight is 949 g/mol. The Labute approximate surface area is 386 Å². The minimum Gasteiger partial charge on any atom is -0.469 e. The van der Waals surface area contributed by atoms with Crippen molar-refractivity contribution in [3.63, 3.8) is 0 Å². The van der Waals surface area contributed by atoms with Crippen molar-refractivity contribution in [2.24, 2.45) is 5.92 Å². The number of methoxy groups -OCH3 is 3. The number of hydrogen-bond donors (Lipinski definition) is 0. The third-order valence-electron chi connectivity index (χ3n) is 14.9. The number of carbonyl (C=O) groups is 2. The molecular weight excluding hydrogens is 857 g/mol. The van der Waals surface area contributed by atoms with Crippen LogP contribution < -0.4 is 0 Å². The maximum Gasteiger partial charge on any atom is 0.313 e. The van der Waals surface area contributed by atoms with Gasteiger partial charge in [-0.25, -0.2) is 0 Å². The Balaban J connectivity index is 2.03. The molecule has 0 bridgehead atoms. The van der Waals surface area contributed by atoms with Crippen LogP contribution in [0, 0.1) is 5.92 Å². The standard InChI is InChI=1S/C47H92O13Si3/c1-42(2,3)61(17,18)53-26-25-36-40(41(49)51-15)38(60-63(21,22)44(7,8)9)31-47(52-16,58-36)30-34-28-37(57-46(12,13)56-34)35(59-62(19,20)43(4,5)6)24-23-32-27-33(29-39(48)50-14)55-45(10,11)54-32/h32-38,40H,23-31H2,1-22H3/t32-,33-,34+,35-,36+,37-,38+,40+,47-/m1/s1. The summed E-state index contributed by atoms with van der Waals surface area (Å²) in [4.78, 5) is 26.2. The van der Waals surface area contributed by atoms with E-state index in [2.05, 4.69) is 102 Å². The quantitative estimate of drug-likeness (QED) is 0.0953. The molecule has 0 spiro atoms. The van der Waals surface area contributed by atoms with Gasteiger partial charge in [-0.05, 0) is 101 Å². The van der Waals surface area contributed by atoms with Crippen molar-refractivity contribution in [1.29, 1.82) is 0 Å². The lowest BCUT2D eigenvalue weighted by Crippen LogP contribution is -2.61. The van der Waals surface area contributed by atoms with Gasteiger partial charge in [0.25, 0.3) is 0 Å². The van der Waals surface area contributed by atoms with Crippen molar-refractivity contribution in [2.45, 2.75) is 256 Å². The van der Waals surface area contributed by atoms with Gasteiger partial charge >= 0.3 is 11.9 Å².